The molecular formula is C20H26N4O3S. The molecule has 7 nitrogen and oxygen atoms in total. The SMILES string of the molecule is CN(C)c1ncccc1CNC(=O)C(c1ccccc1)N1CCS(=O)(=O)CC1. The number of anilines is 1. The van der Waals surface area contributed by atoms with E-state index >= 15 is 0 Å². The molecule has 1 aromatic heterocycles. The van der Waals surface area contributed by atoms with Gasteiger partial charge in [0.15, 0.2) is 9.84 Å². The van der Waals surface area contributed by atoms with Gasteiger partial charge in [-0.1, -0.05) is 36.4 Å². The Bertz CT molecular complexity index is 902. The smallest absolute Gasteiger partial charge is 0.242 e. The van der Waals surface area contributed by atoms with Crippen LogP contribution in [-0.2, 0) is 21.2 Å². The number of carbonyl (C=O) groups is 1. The van der Waals surface area contributed by atoms with Crippen LogP contribution in [0.4, 0.5) is 5.82 Å². The number of carbonyl (C=O) groups excluding carboxylic acids is 1. The number of sulfone groups is 1. The van der Waals surface area contributed by atoms with Crippen molar-refractivity contribution in [1.29, 1.82) is 0 Å². The lowest BCUT2D eigenvalue weighted by Gasteiger charge is -2.33. The fourth-order valence-electron chi connectivity index (χ4n) is 3.40. The number of benzene rings is 1. The van der Waals surface area contributed by atoms with Crippen LogP contribution in [-0.4, -0.2) is 62.9 Å². The molecule has 0 bridgehead atoms. The van der Waals surface area contributed by atoms with E-state index < -0.39 is 15.9 Å². The lowest BCUT2D eigenvalue weighted by molar-refractivity contribution is -0.126. The van der Waals surface area contributed by atoms with Gasteiger partial charge >= 0.3 is 0 Å². The molecule has 1 fully saturated rings. The molecule has 1 N–H and O–H groups in total. The molecule has 1 aromatic carbocycles. The lowest BCUT2D eigenvalue weighted by atomic mass is 10.0. The summed E-state index contributed by atoms with van der Waals surface area (Å²) >= 11 is 0. The Morgan fingerprint density at radius 1 is 1.14 bits per heavy atom. The molecule has 3 rings (SSSR count). The summed E-state index contributed by atoms with van der Waals surface area (Å²) in [5.41, 5.74) is 1.78. The first kappa shape index (κ1) is 20.3. The number of nitrogens with one attached hydrogen (secondary N) is 1. The first-order valence-corrected chi connectivity index (χ1v) is 11.1. The van der Waals surface area contributed by atoms with E-state index in [0.29, 0.717) is 19.6 Å². The maximum atomic E-state index is 13.1. The highest BCUT2D eigenvalue weighted by molar-refractivity contribution is 7.91. The Morgan fingerprint density at radius 2 is 1.82 bits per heavy atom. The summed E-state index contributed by atoms with van der Waals surface area (Å²) in [5.74, 6) is 0.829. The van der Waals surface area contributed by atoms with E-state index in [4.69, 9.17) is 0 Å². The Labute approximate surface area is 166 Å². The third-order valence-corrected chi connectivity index (χ3v) is 6.46. The molecule has 1 atom stereocenters. The molecule has 1 amide bonds. The normalized spacial score (nSPS) is 17.6. The van der Waals surface area contributed by atoms with Crippen molar-refractivity contribution in [2.75, 3.05) is 43.6 Å². The Kier molecular flexibility index (Phi) is 6.31. The van der Waals surface area contributed by atoms with E-state index in [-0.39, 0.29) is 17.4 Å². The van der Waals surface area contributed by atoms with Gasteiger partial charge in [-0.05, 0) is 11.6 Å². The van der Waals surface area contributed by atoms with Gasteiger partial charge in [0.25, 0.3) is 0 Å². The zero-order valence-corrected chi connectivity index (χ0v) is 17.0. The minimum atomic E-state index is -3.01. The molecule has 2 heterocycles. The second-order valence-electron chi connectivity index (χ2n) is 7.10. The fraction of sp³-hybridized carbons (Fsp3) is 0.400. The van der Waals surface area contributed by atoms with Crippen molar-refractivity contribution in [2.45, 2.75) is 12.6 Å². The lowest BCUT2D eigenvalue weighted by Crippen LogP contribution is -2.47. The van der Waals surface area contributed by atoms with Gasteiger partial charge in [0.2, 0.25) is 5.91 Å². The van der Waals surface area contributed by atoms with E-state index in [1.54, 1.807) is 6.20 Å². The van der Waals surface area contributed by atoms with Crippen LogP contribution in [0.2, 0.25) is 0 Å². The van der Waals surface area contributed by atoms with Gasteiger partial charge < -0.3 is 10.2 Å². The number of nitrogens with zero attached hydrogens (tertiary/aromatic N) is 3. The van der Waals surface area contributed by atoms with Gasteiger partial charge in [-0.15, -0.1) is 0 Å². The van der Waals surface area contributed by atoms with Crippen molar-refractivity contribution in [2.24, 2.45) is 0 Å². The molecule has 0 radical (unpaired) electrons. The highest BCUT2D eigenvalue weighted by Crippen LogP contribution is 2.24. The van der Waals surface area contributed by atoms with E-state index in [0.717, 1.165) is 16.9 Å². The second-order valence-corrected chi connectivity index (χ2v) is 9.40. The largest absolute Gasteiger partial charge is 0.362 e. The topological polar surface area (TPSA) is 82.6 Å². The molecule has 0 aliphatic carbocycles. The molecule has 28 heavy (non-hydrogen) atoms. The monoisotopic (exact) mass is 402 g/mol. The summed E-state index contributed by atoms with van der Waals surface area (Å²) in [4.78, 5) is 21.3. The summed E-state index contributed by atoms with van der Waals surface area (Å²) in [6.45, 7) is 1.06. The van der Waals surface area contributed by atoms with Crippen LogP contribution in [0.15, 0.2) is 48.7 Å². The predicted octanol–water partition coefficient (Wildman–Crippen LogP) is 1.24. The number of hydrogen-bond acceptors (Lipinski definition) is 6. The molecule has 8 heteroatoms. The number of hydrogen-bond donors (Lipinski definition) is 1. The summed E-state index contributed by atoms with van der Waals surface area (Å²) in [5, 5.41) is 3.01. The fourth-order valence-corrected chi connectivity index (χ4v) is 4.63. The minimum absolute atomic E-state index is 0.0804. The molecule has 1 aliphatic heterocycles. The summed E-state index contributed by atoms with van der Waals surface area (Å²) in [6.07, 6.45) is 1.72. The van der Waals surface area contributed by atoms with Crippen molar-refractivity contribution in [1.82, 2.24) is 15.2 Å². The maximum absolute atomic E-state index is 13.1. The highest BCUT2D eigenvalue weighted by atomic mass is 32.2. The van der Waals surface area contributed by atoms with Crippen LogP contribution in [0, 0.1) is 0 Å². The van der Waals surface area contributed by atoms with Gasteiger partial charge in [-0.3, -0.25) is 9.69 Å². The van der Waals surface area contributed by atoms with Gasteiger partial charge in [0, 0.05) is 45.5 Å². The van der Waals surface area contributed by atoms with E-state index in [1.165, 1.54) is 0 Å². The van der Waals surface area contributed by atoms with Gasteiger partial charge in [-0.25, -0.2) is 13.4 Å². The third-order valence-electron chi connectivity index (χ3n) is 4.85. The highest BCUT2D eigenvalue weighted by Gasteiger charge is 2.32. The average molecular weight is 403 g/mol. The van der Waals surface area contributed by atoms with Crippen LogP contribution in [0.1, 0.15) is 17.2 Å². The first-order chi connectivity index (χ1) is 13.4. The Hall–Kier alpha value is -2.45. The number of amides is 1. The van der Waals surface area contributed by atoms with E-state index in [2.05, 4.69) is 10.3 Å². The number of aromatic nitrogens is 1. The quantitative estimate of drug-likeness (QED) is 0.783. The van der Waals surface area contributed by atoms with Crippen molar-refractivity contribution < 1.29 is 13.2 Å². The molecule has 2 aromatic rings. The van der Waals surface area contributed by atoms with Crippen LogP contribution in [0.3, 0.4) is 0 Å². The summed E-state index contributed by atoms with van der Waals surface area (Å²) in [6, 6.07) is 12.8. The van der Waals surface area contributed by atoms with Gasteiger partial charge in [0.05, 0.1) is 11.5 Å². The summed E-state index contributed by atoms with van der Waals surface area (Å²) in [7, 11) is 0.808. The molecule has 150 valence electrons. The molecule has 1 unspecified atom stereocenters. The molecule has 0 spiro atoms. The molecular weight excluding hydrogens is 376 g/mol. The van der Waals surface area contributed by atoms with Crippen molar-refractivity contribution in [3.8, 4) is 0 Å². The van der Waals surface area contributed by atoms with Crippen molar-refractivity contribution in [3.63, 3.8) is 0 Å². The Balaban J connectivity index is 1.78. The van der Waals surface area contributed by atoms with Crippen molar-refractivity contribution >= 4 is 21.6 Å². The Morgan fingerprint density at radius 3 is 2.46 bits per heavy atom. The second kappa shape index (κ2) is 8.70. The van der Waals surface area contributed by atoms with Crippen LogP contribution in [0.25, 0.3) is 0 Å². The van der Waals surface area contributed by atoms with Gasteiger partial charge in [0.1, 0.15) is 11.9 Å². The predicted molar refractivity (Wildman–Crippen MR) is 110 cm³/mol. The molecule has 1 saturated heterocycles. The van der Waals surface area contributed by atoms with E-state index in [1.807, 2.05) is 66.4 Å². The van der Waals surface area contributed by atoms with Crippen LogP contribution < -0.4 is 10.2 Å². The molecule has 1 aliphatic rings. The third kappa shape index (κ3) is 4.88. The first-order valence-electron chi connectivity index (χ1n) is 9.26. The number of pyridine rings is 1. The maximum Gasteiger partial charge on any atom is 0.242 e. The standard InChI is InChI=1S/C20H26N4O3S/c1-23(2)19-17(9-6-10-21-19)15-22-20(25)18(16-7-4-3-5-8-16)24-11-13-28(26,27)14-12-24/h3-10,18H,11-15H2,1-2H3,(H,22,25). The average Bonchev–Trinajstić information content (AvgIpc) is 2.69. The zero-order valence-electron chi connectivity index (χ0n) is 16.2. The molecule has 0 saturated carbocycles. The van der Waals surface area contributed by atoms with Crippen LogP contribution in [0.5, 0.6) is 0 Å². The van der Waals surface area contributed by atoms with Crippen LogP contribution >= 0.6 is 0 Å². The summed E-state index contributed by atoms with van der Waals surface area (Å²) < 4.78 is 23.6. The zero-order chi connectivity index (χ0) is 20.1. The number of rotatable bonds is 6. The van der Waals surface area contributed by atoms with E-state index in [9.17, 15) is 13.2 Å². The van der Waals surface area contributed by atoms with Crippen molar-refractivity contribution in [3.05, 3.63) is 59.8 Å². The van der Waals surface area contributed by atoms with Gasteiger partial charge in [-0.2, -0.15) is 0 Å². The minimum Gasteiger partial charge on any atom is -0.362 e.